The molecular weight excluding hydrogens is 324 g/mol. The summed E-state index contributed by atoms with van der Waals surface area (Å²) in [6, 6.07) is 15.6. The fourth-order valence-electron chi connectivity index (χ4n) is 3.79. The lowest BCUT2D eigenvalue weighted by Crippen LogP contribution is -1.85. The van der Waals surface area contributed by atoms with Gasteiger partial charge >= 0.3 is 0 Å². The van der Waals surface area contributed by atoms with E-state index in [1.165, 1.54) is 106 Å². The Morgan fingerprint density at radius 1 is 0.593 bits per heavy atom. The highest BCUT2D eigenvalue weighted by molar-refractivity contribution is 5.82. The Hall–Kier alpha value is -1.56. The van der Waals surface area contributed by atoms with Crippen molar-refractivity contribution in [2.45, 2.75) is 96.8 Å². The van der Waals surface area contributed by atoms with Crippen LogP contribution in [0.25, 0.3) is 10.8 Å². The zero-order valence-electron chi connectivity index (χ0n) is 17.6. The maximum Gasteiger partial charge on any atom is -0.0181 e. The Morgan fingerprint density at radius 2 is 1.19 bits per heavy atom. The minimum atomic E-state index is 1.21. The molecule has 0 heteroatoms. The van der Waals surface area contributed by atoms with Crippen molar-refractivity contribution in [2.75, 3.05) is 0 Å². The predicted molar refractivity (Wildman–Crippen MR) is 122 cm³/mol. The number of unbranched alkanes of at least 4 members (excludes halogenated alkanes) is 11. The van der Waals surface area contributed by atoms with Gasteiger partial charge < -0.3 is 0 Å². The molecule has 0 bridgehead atoms. The molecule has 27 heavy (non-hydrogen) atoms. The summed E-state index contributed by atoms with van der Waals surface area (Å²) in [5, 5.41) is 2.72. The third-order valence-electron chi connectivity index (χ3n) is 5.54. The summed E-state index contributed by atoms with van der Waals surface area (Å²) in [5.41, 5.74) is 1.48. The average Bonchev–Trinajstić information content (AvgIpc) is 2.71. The second-order valence-corrected chi connectivity index (χ2v) is 8.02. The van der Waals surface area contributed by atoms with Crippen molar-refractivity contribution in [3.63, 3.8) is 0 Å². The molecule has 0 heterocycles. The van der Waals surface area contributed by atoms with E-state index in [4.69, 9.17) is 0 Å². The lowest BCUT2D eigenvalue weighted by Gasteiger charge is -2.03. The van der Waals surface area contributed by atoms with Gasteiger partial charge in [0.05, 0.1) is 0 Å². The van der Waals surface area contributed by atoms with E-state index in [-0.39, 0.29) is 0 Å². The molecule has 2 rings (SSSR count). The SMILES string of the molecule is CCCCCCCCCCC/C=C/CCCCc1ccc2ccccc2c1. The van der Waals surface area contributed by atoms with Gasteiger partial charge in [-0.15, -0.1) is 0 Å². The number of aryl methyl sites for hydroxylation is 1. The van der Waals surface area contributed by atoms with Gasteiger partial charge in [0.25, 0.3) is 0 Å². The topological polar surface area (TPSA) is 0 Å². The van der Waals surface area contributed by atoms with E-state index in [1.807, 2.05) is 0 Å². The van der Waals surface area contributed by atoms with Gasteiger partial charge in [-0.25, -0.2) is 0 Å². The summed E-state index contributed by atoms with van der Waals surface area (Å²) in [4.78, 5) is 0. The van der Waals surface area contributed by atoms with Crippen LogP contribution in [-0.2, 0) is 6.42 Å². The maximum atomic E-state index is 2.41. The molecule has 0 aliphatic carbocycles. The first-order valence-electron chi connectivity index (χ1n) is 11.5. The molecular formula is C27H40. The van der Waals surface area contributed by atoms with Crippen molar-refractivity contribution >= 4 is 10.8 Å². The molecule has 2 aromatic rings. The van der Waals surface area contributed by atoms with Crippen molar-refractivity contribution < 1.29 is 0 Å². The van der Waals surface area contributed by atoms with Crippen LogP contribution in [0.3, 0.4) is 0 Å². The van der Waals surface area contributed by atoms with E-state index in [9.17, 15) is 0 Å². The Kier molecular flexibility index (Phi) is 11.7. The number of benzene rings is 2. The number of hydrogen-bond donors (Lipinski definition) is 0. The van der Waals surface area contributed by atoms with Crippen LogP contribution in [0.5, 0.6) is 0 Å². The van der Waals surface area contributed by atoms with Gasteiger partial charge in [-0.05, 0) is 54.9 Å². The van der Waals surface area contributed by atoms with E-state index in [2.05, 4.69) is 61.5 Å². The highest BCUT2D eigenvalue weighted by Crippen LogP contribution is 2.17. The predicted octanol–water partition coefficient (Wildman–Crippen LogP) is 9.03. The first-order valence-corrected chi connectivity index (χ1v) is 11.5. The molecule has 2 aromatic carbocycles. The lowest BCUT2D eigenvalue weighted by atomic mass is 10.0. The van der Waals surface area contributed by atoms with Gasteiger partial charge in [0.15, 0.2) is 0 Å². The number of fused-ring (bicyclic) bond motifs is 1. The van der Waals surface area contributed by atoms with E-state index >= 15 is 0 Å². The minimum Gasteiger partial charge on any atom is -0.0885 e. The summed E-state index contributed by atoms with van der Waals surface area (Å²) in [7, 11) is 0. The second kappa shape index (κ2) is 14.5. The molecule has 0 aliphatic heterocycles. The molecule has 0 nitrogen and oxygen atoms in total. The zero-order chi connectivity index (χ0) is 19.0. The summed E-state index contributed by atoms with van der Waals surface area (Å²) < 4.78 is 0. The quantitative estimate of drug-likeness (QED) is 0.218. The monoisotopic (exact) mass is 364 g/mol. The normalized spacial score (nSPS) is 11.6. The smallest absolute Gasteiger partial charge is 0.0181 e. The number of rotatable bonds is 15. The van der Waals surface area contributed by atoms with Crippen LogP contribution in [0.15, 0.2) is 54.6 Å². The zero-order valence-corrected chi connectivity index (χ0v) is 17.6. The highest BCUT2D eigenvalue weighted by Gasteiger charge is 1.96. The fourth-order valence-corrected chi connectivity index (χ4v) is 3.79. The molecule has 0 N–H and O–H groups in total. The Balaban J connectivity index is 1.42. The van der Waals surface area contributed by atoms with Crippen LogP contribution in [0.2, 0.25) is 0 Å². The summed E-state index contributed by atoms with van der Waals surface area (Å²) in [6.45, 7) is 2.29. The van der Waals surface area contributed by atoms with Crippen LogP contribution in [0.1, 0.15) is 96.0 Å². The second-order valence-electron chi connectivity index (χ2n) is 8.02. The van der Waals surface area contributed by atoms with Crippen molar-refractivity contribution in [1.29, 1.82) is 0 Å². The molecule has 0 radical (unpaired) electrons. The van der Waals surface area contributed by atoms with E-state index in [1.54, 1.807) is 0 Å². The molecule has 0 unspecified atom stereocenters. The van der Waals surface area contributed by atoms with Crippen molar-refractivity contribution in [2.24, 2.45) is 0 Å². The molecule has 0 aromatic heterocycles. The first kappa shape index (κ1) is 21.7. The highest BCUT2D eigenvalue weighted by atomic mass is 14.0. The maximum absolute atomic E-state index is 2.41. The Labute approximate surface area is 168 Å². The van der Waals surface area contributed by atoms with Crippen LogP contribution in [-0.4, -0.2) is 0 Å². The Bertz CT molecular complexity index is 637. The van der Waals surface area contributed by atoms with E-state index in [0.717, 1.165) is 0 Å². The standard InChI is InChI=1S/C27H40/c1-2-3-4-5-6-7-8-9-10-11-12-13-14-15-16-19-25-22-23-26-20-17-18-21-27(26)24-25/h12-13,17-18,20-24H,2-11,14-16,19H2,1H3/b13-12+. The lowest BCUT2D eigenvalue weighted by molar-refractivity contribution is 0.566. The van der Waals surface area contributed by atoms with Crippen LogP contribution in [0.4, 0.5) is 0 Å². The van der Waals surface area contributed by atoms with Crippen LogP contribution in [0, 0.1) is 0 Å². The van der Waals surface area contributed by atoms with E-state index < -0.39 is 0 Å². The van der Waals surface area contributed by atoms with Crippen molar-refractivity contribution in [1.82, 2.24) is 0 Å². The molecule has 0 aliphatic rings. The van der Waals surface area contributed by atoms with Gasteiger partial charge in [0.1, 0.15) is 0 Å². The molecule has 0 fully saturated rings. The van der Waals surface area contributed by atoms with Crippen LogP contribution < -0.4 is 0 Å². The first-order chi connectivity index (χ1) is 13.4. The van der Waals surface area contributed by atoms with E-state index in [0.29, 0.717) is 0 Å². The summed E-state index contributed by atoms with van der Waals surface area (Å²) in [5.74, 6) is 0. The van der Waals surface area contributed by atoms with Crippen LogP contribution >= 0.6 is 0 Å². The molecule has 0 atom stereocenters. The third kappa shape index (κ3) is 9.80. The number of allylic oxidation sites excluding steroid dienone is 2. The van der Waals surface area contributed by atoms with Gasteiger partial charge in [0.2, 0.25) is 0 Å². The fraction of sp³-hybridized carbons (Fsp3) is 0.556. The molecule has 0 amide bonds. The molecule has 0 spiro atoms. The molecule has 0 saturated carbocycles. The van der Waals surface area contributed by atoms with Crippen molar-refractivity contribution in [3.8, 4) is 0 Å². The summed E-state index contributed by atoms with van der Waals surface area (Å²) in [6.07, 6.45) is 24.0. The third-order valence-corrected chi connectivity index (χ3v) is 5.54. The van der Waals surface area contributed by atoms with Gasteiger partial charge in [-0.2, -0.15) is 0 Å². The number of hydrogen-bond acceptors (Lipinski definition) is 0. The van der Waals surface area contributed by atoms with Crippen molar-refractivity contribution in [3.05, 3.63) is 60.2 Å². The summed E-state index contributed by atoms with van der Waals surface area (Å²) >= 11 is 0. The minimum absolute atomic E-state index is 1.21. The molecule has 148 valence electrons. The average molecular weight is 365 g/mol. The van der Waals surface area contributed by atoms with Gasteiger partial charge in [0, 0.05) is 0 Å². The molecule has 0 saturated heterocycles. The largest absolute Gasteiger partial charge is 0.0885 e. The van der Waals surface area contributed by atoms with Gasteiger partial charge in [-0.3, -0.25) is 0 Å². The van der Waals surface area contributed by atoms with Gasteiger partial charge in [-0.1, -0.05) is 113 Å². The Morgan fingerprint density at radius 3 is 1.89 bits per heavy atom.